The zero-order valence-corrected chi connectivity index (χ0v) is 9.45. The number of rotatable bonds is 3. The second-order valence-corrected chi connectivity index (χ2v) is 4.23. The Balaban J connectivity index is 1.72. The van der Waals surface area contributed by atoms with Gasteiger partial charge in [0, 0.05) is 24.9 Å². The van der Waals surface area contributed by atoms with Crippen LogP contribution in [0.2, 0.25) is 0 Å². The number of tetrazole rings is 1. The molecule has 0 aliphatic carbocycles. The monoisotopic (exact) mass is 230 g/mol. The van der Waals surface area contributed by atoms with E-state index in [0.29, 0.717) is 12.5 Å². The molecule has 1 unspecified atom stereocenters. The van der Waals surface area contributed by atoms with Crippen molar-refractivity contribution in [2.45, 2.75) is 18.9 Å². The third kappa shape index (κ3) is 2.31. The Morgan fingerprint density at radius 1 is 1.47 bits per heavy atom. The van der Waals surface area contributed by atoms with E-state index in [1.165, 1.54) is 0 Å². The number of nitrogens with one attached hydrogen (secondary N) is 1. The molecule has 0 spiro atoms. The van der Waals surface area contributed by atoms with Crippen molar-refractivity contribution in [3.63, 3.8) is 0 Å². The lowest BCUT2D eigenvalue weighted by molar-refractivity contribution is 0.566. The van der Waals surface area contributed by atoms with Crippen LogP contribution in [-0.4, -0.2) is 38.3 Å². The van der Waals surface area contributed by atoms with Gasteiger partial charge in [0.1, 0.15) is 0 Å². The number of hydrogen-bond donors (Lipinski definition) is 1. The maximum atomic E-state index is 4.41. The molecule has 0 radical (unpaired) electrons. The van der Waals surface area contributed by atoms with E-state index in [9.17, 15) is 0 Å². The van der Waals surface area contributed by atoms with Crippen LogP contribution in [-0.2, 0) is 6.54 Å². The normalized spacial score (nSPS) is 19.6. The van der Waals surface area contributed by atoms with Crippen molar-refractivity contribution in [3.8, 4) is 0 Å². The fourth-order valence-electron chi connectivity index (χ4n) is 2.02. The van der Waals surface area contributed by atoms with Crippen molar-refractivity contribution in [2.24, 2.45) is 0 Å². The molecule has 6 heteroatoms. The van der Waals surface area contributed by atoms with Gasteiger partial charge in [-0.2, -0.15) is 4.80 Å². The fraction of sp³-hybridized carbons (Fsp3) is 0.455. The summed E-state index contributed by atoms with van der Waals surface area (Å²) in [6.45, 7) is 2.63. The molecule has 88 valence electrons. The lowest BCUT2D eigenvalue weighted by Crippen LogP contribution is -2.09. The quantitative estimate of drug-likeness (QED) is 0.815. The van der Waals surface area contributed by atoms with Crippen molar-refractivity contribution in [2.75, 3.05) is 13.1 Å². The van der Waals surface area contributed by atoms with E-state index in [1.807, 2.05) is 18.3 Å². The largest absolute Gasteiger partial charge is 0.316 e. The summed E-state index contributed by atoms with van der Waals surface area (Å²) in [6, 6.07) is 3.92. The van der Waals surface area contributed by atoms with Crippen LogP contribution in [0.5, 0.6) is 0 Å². The topological polar surface area (TPSA) is 68.5 Å². The molecule has 1 aliphatic heterocycles. The minimum Gasteiger partial charge on any atom is -0.316 e. The van der Waals surface area contributed by atoms with Gasteiger partial charge in [-0.15, -0.1) is 10.2 Å². The van der Waals surface area contributed by atoms with Gasteiger partial charge >= 0.3 is 0 Å². The van der Waals surface area contributed by atoms with E-state index in [-0.39, 0.29) is 0 Å². The second-order valence-electron chi connectivity index (χ2n) is 4.23. The summed E-state index contributed by atoms with van der Waals surface area (Å²) in [6.07, 6.45) is 4.67. The smallest absolute Gasteiger partial charge is 0.179 e. The van der Waals surface area contributed by atoms with Crippen LogP contribution in [0.1, 0.15) is 23.7 Å². The van der Waals surface area contributed by atoms with Crippen LogP contribution in [0.4, 0.5) is 0 Å². The van der Waals surface area contributed by atoms with Crippen LogP contribution >= 0.6 is 0 Å². The molecule has 1 aliphatic rings. The standard InChI is InChI=1S/C11H14N6/c1-2-9(6-12-4-1)8-17-15-11(14-16-17)10-3-5-13-7-10/h1-2,4,6,10,13H,3,5,7-8H2. The highest BCUT2D eigenvalue weighted by Gasteiger charge is 2.21. The highest BCUT2D eigenvalue weighted by atomic mass is 15.6. The predicted octanol–water partition coefficient (Wildman–Crippen LogP) is 0.193. The summed E-state index contributed by atoms with van der Waals surface area (Å²) in [7, 11) is 0. The molecule has 0 aromatic carbocycles. The van der Waals surface area contributed by atoms with Gasteiger partial charge in [0.05, 0.1) is 6.54 Å². The molecule has 1 fully saturated rings. The number of hydrogen-bond acceptors (Lipinski definition) is 5. The Bertz CT molecular complexity index is 474. The molecule has 0 amide bonds. The Hall–Kier alpha value is -1.82. The van der Waals surface area contributed by atoms with E-state index in [4.69, 9.17) is 0 Å². The Kier molecular flexibility index (Phi) is 2.79. The zero-order chi connectivity index (χ0) is 11.5. The van der Waals surface area contributed by atoms with Gasteiger partial charge < -0.3 is 5.32 Å². The summed E-state index contributed by atoms with van der Waals surface area (Å²) in [5.41, 5.74) is 1.08. The van der Waals surface area contributed by atoms with Gasteiger partial charge in [-0.1, -0.05) is 6.07 Å². The average Bonchev–Trinajstić information content (AvgIpc) is 3.00. The highest BCUT2D eigenvalue weighted by molar-refractivity contribution is 5.08. The lowest BCUT2D eigenvalue weighted by atomic mass is 10.1. The molecule has 3 rings (SSSR count). The first-order valence-electron chi connectivity index (χ1n) is 5.79. The van der Waals surface area contributed by atoms with E-state index in [2.05, 4.69) is 25.7 Å². The molecule has 2 aromatic heterocycles. The highest BCUT2D eigenvalue weighted by Crippen LogP contribution is 2.17. The van der Waals surface area contributed by atoms with Crippen LogP contribution in [0.25, 0.3) is 0 Å². The molecule has 3 heterocycles. The van der Waals surface area contributed by atoms with Crippen molar-refractivity contribution < 1.29 is 0 Å². The summed E-state index contributed by atoms with van der Waals surface area (Å²) in [5.74, 6) is 1.26. The SMILES string of the molecule is c1cncc(Cn2nnc(C3CCNC3)n2)c1. The zero-order valence-electron chi connectivity index (χ0n) is 9.45. The van der Waals surface area contributed by atoms with Crippen molar-refractivity contribution >= 4 is 0 Å². The van der Waals surface area contributed by atoms with Crippen LogP contribution in [0.3, 0.4) is 0 Å². The first kappa shape index (κ1) is 10.3. The van der Waals surface area contributed by atoms with Crippen LogP contribution < -0.4 is 5.32 Å². The van der Waals surface area contributed by atoms with Crippen LogP contribution in [0, 0.1) is 0 Å². The minimum absolute atomic E-state index is 0.414. The maximum absolute atomic E-state index is 4.41. The fourth-order valence-corrected chi connectivity index (χ4v) is 2.02. The van der Waals surface area contributed by atoms with Crippen molar-refractivity contribution in [1.82, 2.24) is 30.5 Å². The van der Waals surface area contributed by atoms with Gasteiger partial charge in [0.25, 0.3) is 0 Å². The number of pyridine rings is 1. The van der Waals surface area contributed by atoms with E-state index in [0.717, 1.165) is 30.9 Å². The third-order valence-corrected chi connectivity index (χ3v) is 2.94. The predicted molar refractivity (Wildman–Crippen MR) is 61.4 cm³/mol. The summed E-state index contributed by atoms with van der Waals surface area (Å²) < 4.78 is 0. The van der Waals surface area contributed by atoms with Gasteiger partial charge in [0.15, 0.2) is 5.82 Å². The molecule has 1 saturated heterocycles. The van der Waals surface area contributed by atoms with Gasteiger partial charge in [-0.25, -0.2) is 0 Å². The Morgan fingerprint density at radius 3 is 3.24 bits per heavy atom. The first-order chi connectivity index (χ1) is 8.42. The lowest BCUT2D eigenvalue weighted by Gasteiger charge is -2.00. The van der Waals surface area contributed by atoms with E-state index >= 15 is 0 Å². The molecule has 6 nitrogen and oxygen atoms in total. The molecular formula is C11H14N6. The summed E-state index contributed by atoms with van der Waals surface area (Å²) in [5, 5.41) is 15.9. The van der Waals surface area contributed by atoms with Crippen molar-refractivity contribution in [3.05, 3.63) is 35.9 Å². The maximum Gasteiger partial charge on any atom is 0.179 e. The van der Waals surface area contributed by atoms with Gasteiger partial charge in [-0.05, 0) is 29.8 Å². The van der Waals surface area contributed by atoms with Gasteiger partial charge in [-0.3, -0.25) is 4.98 Å². The second kappa shape index (κ2) is 4.58. The van der Waals surface area contributed by atoms with Crippen molar-refractivity contribution in [1.29, 1.82) is 0 Å². The summed E-state index contributed by atoms with van der Waals surface area (Å²) >= 11 is 0. The van der Waals surface area contributed by atoms with E-state index in [1.54, 1.807) is 11.0 Å². The Morgan fingerprint density at radius 2 is 2.47 bits per heavy atom. The number of aromatic nitrogens is 5. The van der Waals surface area contributed by atoms with Gasteiger partial charge in [0.2, 0.25) is 0 Å². The molecule has 0 bridgehead atoms. The number of nitrogens with zero attached hydrogens (tertiary/aromatic N) is 5. The average molecular weight is 230 g/mol. The molecule has 1 N–H and O–H groups in total. The molecular weight excluding hydrogens is 216 g/mol. The molecule has 0 saturated carbocycles. The molecule has 2 aromatic rings. The summed E-state index contributed by atoms with van der Waals surface area (Å²) in [4.78, 5) is 5.70. The molecule has 17 heavy (non-hydrogen) atoms. The molecule has 1 atom stereocenters. The third-order valence-electron chi connectivity index (χ3n) is 2.94. The van der Waals surface area contributed by atoms with E-state index < -0.39 is 0 Å². The van der Waals surface area contributed by atoms with Crippen LogP contribution in [0.15, 0.2) is 24.5 Å². The minimum atomic E-state index is 0.414. The Labute approximate surface area is 99.1 Å². The first-order valence-corrected chi connectivity index (χ1v) is 5.79.